The van der Waals surface area contributed by atoms with Crippen molar-refractivity contribution in [2.45, 2.75) is 26.8 Å². The standard InChI is InChI=1S/C16H27N3O2/c1-3-19(4-2)11-12-21-15-7-5-14(6-8-15)13-18-16(20)9-10-17/h5-8H,3-4,9-13,17H2,1-2H3,(H,18,20). The van der Waals surface area contributed by atoms with Gasteiger partial charge >= 0.3 is 0 Å². The summed E-state index contributed by atoms with van der Waals surface area (Å²) in [5, 5.41) is 2.83. The molecule has 0 bridgehead atoms. The summed E-state index contributed by atoms with van der Waals surface area (Å²) in [6.07, 6.45) is 0.368. The first kappa shape index (κ1) is 17.5. The highest BCUT2D eigenvalue weighted by molar-refractivity contribution is 5.76. The SMILES string of the molecule is CCN(CC)CCOc1ccc(CNC(=O)CCN)cc1. The third-order valence-electron chi connectivity index (χ3n) is 3.36. The zero-order valence-electron chi connectivity index (χ0n) is 13.1. The molecule has 0 spiro atoms. The van der Waals surface area contributed by atoms with Gasteiger partial charge in [-0.15, -0.1) is 0 Å². The molecule has 0 atom stereocenters. The van der Waals surface area contributed by atoms with Crippen LogP contribution in [0.3, 0.4) is 0 Å². The Morgan fingerprint density at radius 2 is 1.90 bits per heavy atom. The molecule has 1 aromatic rings. The maximum Gasteiger partial charge on any atom is 0.221 e. The summed E-state index contributed by atoms with van der Waals surface area (Å²) in [5.74, 6) is 0.844. The summed E-state index contributed by atoms with van der Waals surface area (Å²) in [5.41, 5.74) is 6.38. The van der Waals surface area contributed by atoms with Crippen molar-refractivity contribution < 1.29 is 9.53 Å². The second-order valence-corrected chi connectivity index (χ2v) is 4.83. The molecule has 118 valence electrons. The number of likely N-dealkylation sites (N-methyl/N-ethyl adjacent to an activating group) is 1. The van der Waals surface area contributed by atoms with E-state index >= 15 is 0 Å². The van der Waals surface area contributed by atoms with Crippen LogP contribution < -0.4 is 15.8 Å². The summed E-state index contributed by atoms with van der Waals surface area (Å²) in [6.45, 7) is 8.92. The van der Waals surface area contributed by atoms with Crippen LogP contribution in [0.2, 0.25) is 0 Å². The van der Waals surface area contributed by atoms with Crippen molar-refractivity contribution in [2.75, 3.05) is 32.8 Å². The molecule has 3 N–H and O–H groups in total. The predicted octanol–water partition coefficient (Wildman–Crippen LogP) is 1.37. The Morgan fingerprint density at radius 3 is 2.48 bits per heavy atom. The van der Waals surface area contributed by atoms with Crippen LogP contribution in [0.1, 0.15) is 25.8 Å². The number of carbonyl (C=O) groups is 1. The van der Waals surface area contributed by atoms with Crippen molar-refractivity contribution in [3.05, 3.63) is 29.8 Å². The number of benzene rings is 1. The molecule has 0 fully saturated rings. The van der Waals surface area contributed by atoms with Gasteiger partial charge in [0.1, 0.15) is 12.4 Å². The molecule has 5 heteroatoms. The van der Waals surface area contributed by atoms with Crippen molar-refractivity contribution in [3.8, 4) is 5.75 Å². The Bertz CT molecular complexity index is 402. The minimum absolute atomic E-state index is 0.0166. The van der Waals surface area contributed by atoms with Gasteiger partial charge in [0.05, 0.1) is 0 Å². The van der Waals surface area contributed by atoms with Crippen LogP contribution in [0.25, 0.3) is 0 Å². The average molecular weight is 293 g/mol. The lowest BCUT2D eigenvalue weighted by molar-refractivity contribution is -0.121. The molecule has 0 saturated heterocycles. The minimum Gasteiger partial charge on any atom is -0.492 e. The molecule has 0 saturated carbocycles. The summed E-state index contributed by atoms with van der Waals surface area (Å²) in [7, 11) is 0. The topological polar surface area (TPSA) is 67.6 Å². The molecule has 1 amide bonds. The lowest BCUT2D eigenvalue weighted by Gasteiger charge is -2.18. The number of nitrogens with one attached hydrogen (secondary N) is 1. The van der Waals surface area contributed by atoms with Gasteiger partial charge in [0.15, 0.2) is 0 Å². The van der Waals surface area contributed by atoms with Crippen molar-refractivity contribution in [3.63, 3.8) is 0 Å². The Morgan fingerprint density at radius 1 is 1.24 bits per heavy atom. The van der Waals surface area contributed by atoms with Gasteiger partial charge < -0.3 is 20.7 Å². The first-order valence-corrected chi connectivity index (χ1v) is 7.60. The molecule has 0 aromatic heterocycles. The molecular formula is C16H27N3O2. The molecule has 0 aliphatic carbocycles. The van der Waals surface area contributed by atoms with E-state index in [1.165, 1.54) is 0 Å². The number of carbonyl (C=O) groups excluding carboxylic acids is 1. The molecule has 0 unspecified atom stereocenters. The van der Waals surface area contributed by atoms with Crippen LogP contribution in [0.15, 0.2) is 24.3 Å². The van der Waals surface area contributed by atoms with Crippen LogP contribution in [0.5, 0.6) is 5.75 Å². The van der Waals surface area contributed by atoms with Crippen molar-refractivity contribution in [2.24, 2.45) is 5.73 Å². The van der Waals surface area contributed by atoms with Crippen LogP contribution >= 0.6 is 0 Å². The second kappa shape index (κ2) is 10.2. The monoisotopic (exact) mass is 293 g/mol. The van der Waals surface area contributed by atoms with Gasteiger partial charge in [-0.2, -0.15) is 0 Å². The molecule has 1 rings (SSSR count). The number of amides is 1. The Kier molecular flexibility index (Phi) is 8.47. The van der Waals surface area contributed by atoms with Gasteiger partial charge in [-0.1, -0.05) is 26.0 Å². The zero-order valence-corrected chi connectivity index (χ0v) is 13.1. The van der Waals surface area contributed by atoms with E-state index in [1.807, 2.05) is 24.3 Å². The molecule has 0 radical (unpaired) electrons. The quantitative estimate of drug-likeness (QED) is 0.684. The maximum absolute atomic E-state index is 11.3. The summed E-state index contributed by atoms with van der Waals surface area (Å²) in [4.78, 5) is 13.6. The van der Waals surface area contributed by atoms with Gasteiger partial charge in [-0.3, -0.25) is 4.79 Å². The van der Waals surface area contributed by atoms with Crippen LogP contribution in [-0.2, 0) is 11.3 Å². The van der Waals surface area contributed by atoms with Gasteiger partial charge in [-0.25, -0.2) is 0 Å². The Balaban J connectivity index is 2.31. The highest BCUT2D eigenvalue weighted by Gasteiger charge is 2.01. The van der Waals surface area contributed by atoms with E-state index in [9.17, 15) is 4.79 Å². The van der Waals surface area contributed by atoms with Crippen LogP contribution in [0, 0.1) is 0 Å². The lowest BCUT2D eigenvalue weighted by atomic mass is 10.2. The minimum atomic E-state index is -0.0166. The zero-order chi connectivity index (χ0) is 15.5. The fraction of sp³-hybridized carbons (Fsp3) is 0.562. The number of nitrogens with two attached hydrogens (primary N) is 1. The number of hydrogen-bond donors (Lipinski definition) is 2. The third kappa shape index (κ3) is 7.11. The highest BCUT2D eigenvalue weighted by atomic mass is 16.5. The molecular weight excluding hydrogens is 266 g/mol. The molecule has 0 aliphatic heterocycles. The number of hydrogen-bond acceptors (Lipinski definition) is 4. The second-order valence-electron chi connectivity index (χ2n) is 4.83. The van der Waals surface area contributed by atoms with Gasteiger partial charge in [0.2, 0.25) is 5.91 Å². The fourth-order valence-corrected chi connectivity index (χ4v) is 1.96. The van der Waals surface area contributed by atoms with Crippen LogP contribution in [-0.4, -0.2) is 43.6 Å². The van der Waals surface area contributed by atoms with E-state index < -0.39 is 0 Å². The molecule has 5 nitrogen and oxygen atoms in total. The lowest BCUT2D eigenvalue weighted by Crippen LogP contribution is -2.27. The summed E-state index contributed by atoms with van der Waals surface area (Å²) in [6, 6.07) is 7.81. The number of ether oxygens (including phenoxy) is 1. The molecule has 21 heavy (non-hydrogen) atoms. The molecule has 0 heterocycles. The third-order valence-corrected chi connectivity index (χ3v) is 3.36. The van der Waals surface area contributed by atoms with Gasteiger partial charge in [0, 0.05) is 26.1 Å². The predicted molar refractivity (Wildman–Crippen MR) is 85.2 cm³/mol. The largest absolute Gasteiger partial charge is 0.492 e. The molecule has 1 aromatic carbocycles. The van der Waals surface area contributed by atoms with E-state index in [0.717, 1.165) is 30.9 Å². The Hall–Kier alpha value is -1.59. The van der Waals surface area contributed by atoms with Crippen LogP contribution in [0.4, 0.5) is 0 Å². The van der Waals surface area contributed by atoms with Gasteiger partial charge in [0.25, 0.3) is 0 Å². The highest BCUT2D eigenvalue weighted by Crippen LogP contribution is 2.12. The first-order valence-electron chi connectivity index (χ1n) is 7.60. The number of nitrogens with zero attached hydrogens (tertiary/aromatic N) is 1. The van der Waals surface area contributed by atoms with Crippen molar-refractivity contribution in [1.82, 2.24) is 10.2 Å². The van der Waals surface area contributed by atoms with E-state index in [2.05, 4.69) is 24.1 Å². The number of rotatable bonds is 10. The summed E-state index contributed by atoms with van der Waals surface area (Å²) >= 11 is 0. The fourth-order valence-electron chi connectivity index (χ4n) is 1.96. The average Bonchev–Trinajstić information content (AvgIpc) is 2.51. The smallest absolute Gasteiger partial charge is 0.221 e. The molecule has 0 aliphatic rings. The van der Waals surface area contributed by atoms with Gasteiger partial charge in [-0.05, 0) is 30.8 Å². The van der Waals surface area contributed by atoms with Crippen molar-refractivity contribution in [1.29, 1.82) is 0 Å². The maximum atomic E-state index is 11.3. The van der Waals surface area contributed by atoms with E-state index in [4.69, 9.17) is 10.5 Å². The summed E-state index contributed by atoms with van der Waals surface area (Å²) < 4.78 is 5.71. The first-order chi connectivity index (χ1) is 10.2. The van der Waals surface area contributed by atoms with Crippen molar-refractivity contribution >= 4 is 5.91 Å². The van der Waals surface area contributed by atoms with E-state index in [1.54, 1.807) is 0 Å². The van der Waals surface area contributed by atoms with E-state index in [-0.39, 0.29) is 5.91 Å². The Labute approximate surface area is 127 Å². The normalized spacial score (nSPS) is 10.7. The van der Waals surface area contributed by atoms with E-state index in [0.29, 0.717) is 26.1 Å².